The Morgan fingerprint density at radius 2 is 2.19 bits per heavy atom. The second kappa shape index (κ2) is 5.36. The molecule has 0 saturated carbocycles. The summed E-state index contributed by atoms with van der Waals surface area (Å²) in [5.74, 6) is 0.0145. The number of aromatic nitrogens is 2. The van der Waals surface area contributed by atoms with Crippen LogP contribution in [-0.2, 0) is 11.2 Å². The van der Waals surface area contributed by atoms with Gasteiger partial charge in [0.15, 0.2) is 0 Å². The van der Waals surface area contributed by atoms with Crippen molar-refractivity contribution >= 4 is 22.4 Å². The van der Waals surface area contributed by atoms with Crippen molar-refractivity contribution in [3.63, 3.8) is 0 Å². The fraction of sp³-hybridized carbons (Fsp3) is 0.700. The maximum atomic E-state index is 11.7. The van der Waals surface area contributed by atoms with Gasteiger partial charge in [-0.1, -0.05) is 18.3 Å². The molecule has 2 rings (SSSR count). The molecule has 6 heteroatoms. The summed E-state index contributed by atoms with van der Waals surface area (Å²) in [5, 5.41) is 12.2. The highest BCUT2D eigenvalue weighted by Crippen LogP contribution is 2.15. The Kier molecular flexibility index (Phi) is 3.84. The lowest BCUT2D eigenvalue weighted by molar-refractivity contribution is -0.117. The Bertz CT molecular complexity index is 359. The topological polar surface area (TPSA) is 58.1 Å². The second-order valence-corrected chi connectivity index (χ2v) is 4.95. The third kappa shape index (κ3) is 2.99. The zero-order valence-electron chi connectivity index (χ0n) is 9.40. The molecule has 1 aliphatic heterocycles. The van der Waals surface area contributed by atoms with E-state index in [-0.39, 0.29) is 5.91 Å². The molecule has 1 aliphatic rings. The fourth-order valence-corrected chi connectivity index (χ4v) is 2.45. The number of aryl methyl sites for hydroxylation is 1. The molecule has 0 aromatic carbocycles. The SMILES string of the molecule is CCc1nnc(NC(=O)CN2CCCC2)s1. The molecule has 0 unspecified atom stereocenters. The molecule has 1 saturated heterocycles. The predicted octanol–water partition coefficient (Wildman–Crippen LogP) is 1.13. The van der Waals surface area contributed by atoms with Crippen LogP contribution in [0.4, 0.5) is 5.13 Å². The molecule has 2 heterocycles. The van der Waals surface area contributed by atoms with Crippen LogP contribution in [0, 0.1) is 0 Å². The predicted molar refractivity (Wildman–Crippen MR) is 63.6 cm³/mol. The third-order valence-corrected chi connectivity index (χ3v) is 3.56. The largest absolute Gasteiger partial charge is 0.299 e. The number of hydrogen-bond donors (Lipinski definition) is 1. The van der Waals surface area contributed by atoms with E-state index in [2.05, 4.69) is 20.4 Å². The first-order valence-corrected chi connectivity index (χ1v) is 6.44. The lowest BCUT2D eigenvalue weighted by atomic mass is 10.4. The van der Waals surface area contributed by atoms with Crippen molar-refractivity contribution in [2.24, 2.45) is 0 Å². The number of nitrogens with one attached hydrogen (secondary N) is 1. The number of nitrogens with zero attached hydrogens (tertiary/aromatic N) is 3. The van der Waals surface area contributed by atoms with Crippen LogP contribution in [0.3, 0.4) is 0 Å². The number of amides is 1. The molecule has 0 radical (unpaired) electrons. The average Bonchev–Trinajstić information content (AvgIpc) is 2.89. The first-order valence-electron chi connectivity index (χ1n) is 5.62. The number of hydrogen-bond acceptors (Lipinski definition) is 5. The van der Waals surface area contributed by atoms with E-state index in [1.54, 1.807) is 0 Å². The highest BCUT2D eigenvalue weighted by molar-refractivity contribution is 7.15. The molecule has 16 heavy (non-hydrogen) atoms. The first kappa shape index (κ1) is 11.5. The zero-order chi connectivity index (χ0) is 11.4. The van der Waals surface area contributed by atoms with Crippen LogP contribution in [0.1, 0.15) is 24.8 Å². The molecular weight excluding hydrogens is 224 g/mol. The molecule has 0 bridgehead atoms. The lowest BCUT2D eigenvalue weighted by Crippen LogP contribution is -2.30. The van der Waals surface area contributed by atoms with Crippen molar-refractivity contribution in [2.45, 2.75) is 26.2 Å². The molecule has 5 nitrogen and oxygen atoms in total. The van der Waals surface area contributed by atoms with Crippen molar-refractivity contribution in [1.82, 2.24) is 15.1 Å². The molecule has 1 aromatic heterocycles. The van der Waals surface area contributed by atoms with Crippen molar-refractivity contribution in [1.29, 1.82) is 0 Å². The molecule has 1 fully saturated rings. The maximum Gasteiger partial charge on any atom is 0.240 e. The van der Waals surface area contributed by atoms with Crippen molar-refractivity contribution in [3.05, 3.63) is 5.01 Å². The number of anilines is 1. The standard InChI is InChI=1S/C10H16N4OS/c1-2-9-12-13-10(16-9)11-8(15)7-14-5-3-4-6-14/h2-7H2,1H3,(H,11,13,15). The summed E-state index contributed by atoms with van der Waals surface area (Å²) < 4.78 is 0. The van der Waals surface area contributed by atoms with Gasteiger partial charge in [-0.15, -0.1) is 10.2 Å². The fourth-order valence-electron chi connectivity index (χ4n) is 1.75. The number of likely N-dealkylation sites (tertiary alicyclic amines) is 1. The van der Waals surface area contributed by atoms with Crippen LogP contribution >= 0.6 is 11.3 Å². The molecule has 1 N–H and O–H groups in total. The Balaban J connectivity index is 1.81. The van der Waals surface area contributed by atoms with Gasteiger partial charge in [0, 0.05) is 0 Å². The highest BCUT2D eigenvalue weighted by atomic mass is 32.1. The number of carbonyl (C=O) groups is 1. The van der Waals surface area contributed by atoms with E-state index in [0.29, 0.717) is 11.7 Å². The van der Waals surface area contributed by atoms with E-state index in [4.69, 9.17) is 0 Å². The molecule has 0 atom stereocenters. The van der Waals surface area contributed by atoms with Gasteiger partial charge in [0.25, 0.3) is 0 Å². The van der Waals surface area contributed by atoms with Crippen LogP contribution in [-0.4, -0.2) is 40.6 Å². The number of rotatable bonds is 4. The minimum Gasteiger partial charge on any atom is -0.299 e. The van der Waals surface area contributed by atoms with Crippen LogP contribution in [0.5, 0.6) is 0 Å². The van der Waals surface area contributed by atoms with E-state index in [1.165, 1.54) is 24.2 Å². The zero-order valence-corrected chi connectivity index (χ0v) is 10.2. The highest BCUT2D eigenvalue weighted by Gasteiger charge is 2.15. The van der Waals surface area contributed by atoms with Crippen molar-refractivity contribution < 1.29 is 4.79 Å². The number of carbonyl (C=O) groups excluding carboxylic acids is 1. The van der Waals surface area contributed by atoms with Crippen molar-refractivity contribution in [3.8, 4) is 0 Å². The van der Waals surface area contributed by atoms with Gasteiger partial charge in [-0.3, -0.25) is 15.0 Å². The Morgan fingerprint density at radius 3 is 2.81 bits per heavy atom. The first-order chi connectivity index (χ1) is 7.78. The summed E-state index contributed by atoms with van der Waals surface area (Å²) in [4.78, 5) is 13.8. The van der Waals surface area contributed by atoms with Gasteiger partial charge < -0.3 is 0 Å². The van der Waals surface area contributed by atoms with Gasteiger partial charge >= 0.3 is 0 Å². The Labute approximate surface area is 98.9 Å². The van der Waals surface area contributed by atoms with E-state index in [0.717, 1.165) is 24.5 Å². The summed E-state index contributed by atoms with van der Waals surface area (Å²) in [6, 6.07) is 0. The maximum absolute atomic E-state index is 11.7. The smallest absolute Gasteiger partial charge is 0.240 e. The summed E-state index contributed by atoms with van der Waals surface area (Å²) in [7, 11) is 0. The van der Waals surface area contributed by atoms with E-state index in [9.17, 15) is 4.79 Å². The quantitative estimate of drug-likeness (QED) is 0.857. The molecule has 1 aromatic rings. The second-order valence-electron chi connectivity index (χ2n) is 3.89. The summed E-state index contributed by atoms with van der Waals surface area (Å²) in [6.45, 7) is 4.56. The molecule has 0 aliphatic carbocycles. The molecule has 0 spiro atoms. The Hall–Kier alpha value is -1.01. The van der Waals surface area contributed by atoms with Gasteiger partial charge in [-0.05, 0) is 32.4 Å². The summed E-state index contributed by atoms with van der Waals surface area (Å²) in [6.07, 6.45) is 3.26. The van der Waals surface area contributed by atoms with Gasteiger partial charge in [0.05, 0.1) is 6.54 Å². The van der Waals surface area contributed by atoms with E-state index < -0.39 is 0 Å². The third-order valence-electron chi connectivity index (χ3n) is 2.58. The Morgan fingerprint density at radius 1 is 1.44 bits per heavy atom. The monoisotopic (exact) mass is 240 g/mol. The van der Waals surface area contributed by atoms with E-state index in [1.807, 2.05) is 6.92 Å². The van der Waals surface area contributed by atoms with E-state index >= 15 is 0 Å². The van der Waals surface area contributed by atoms with Gasteiger partial charge in [-0.2, -0.15) is 0 Å². The average molecular weight is 240 g/mol. The van der Waals surface area contributed by atoms with Gasteiger partial charge in [-0.25, -0.2) is 0 Å². The molecule has 88 valence electrons. The summed E-state index contributed by atoms with van der Waals surface area (Å²) in [5.41, 5.74) is 0. The van der Waals surface area contributed by atoms with Crippen LogP contribution in [0.15, 0.2) is 0 Å². The van der Waals surface area contributed by atoms with Crippen molar-refractivity contribution in [2.75, 3.05) is 25.0 Å². The minimum absolute atomic E-state index is 0.0145. The van der Waals surface area contributed by atoms with Gasteiger partial charge in [0.1, 0.15) is 5.01 Å². The summed E-state index contributed by atoms with van der Waals surface area (Å²) >= 11 is 1.45. The van der Waals surface area contributed by atoms with Crippen LogP contribution in [0.25, 0.3) is 0 Å². The van der Waals surface area contributed by atoms with Crippen LogP contribution in [0.2, 0.25) is 0 Å². The van der Waals surface area contributed by atoms with Crippen LogP contribution < -0.4 is 5.32 Å². The molecule has 1 amide bonds. The normalized spacial score (nSPS) is 16.6. The van der Waals surface area contributed by atoms with Gasteiger partial charge in [0.2, 0.25) is 11.0 Å². The lowest BCUT2D eigenvalue weighted by Gasteiger charge is -2.12. The molecular formula is C10H16N4OS. The minimum atomic E-state index is 0.0145.